The highest BCUT2D eigenvalue weighted by atomic mass is 16.5. The Labute approximate surface area is 149 Å². The average Bonchev–Trinajstić information content (AvgIpc) is 3.04. The summed E-state index contributed by atoms with van der Waals surface area (Å²) in [4.78, 5) is 17.0. The molecule has 0 saturated heterocycles. The number of amides is 1. The second-order valence-electron chi connectivity index (χ2n) is 5.94. The van der Waals surface area contributed by atoms with Crippen LogP contribution in [0.2, 0.25) is 0 Å². The zero-order chi connectivity index (χ0) is 18.3. The van der Waals surface area contributed by atoms with E-state index >= 15 is 0 Å². The summed E-state index contributed by atoms with van der Waals surface area (Å²) in [7, 11) is 3.12. The van der Waals surface area contributed by atoms with Gasteiger partial charge in [0.1, 0.15) is 11.5 Å². The van der Waals surface area contributed by atoms with Crippen LogP contribution in [0, 0.1) is 17.2 Å². The van der Waals surface area contributed by atoms with Gasteiger partial charge in [-0.1, -0.05) is 12.1 Å². The van der Waals surface area contributed by atoms with Gasteiger partial charge in [-0.3, -0.25) is 10.1 Å². The third kappa shape index (κ3) is 2.27. The summed E-state index contributed by atoms with van der Waals surface area (Å²) in [6.07, 6.45) is 0. The zero-order valence-electron chi connectivity index (χ0n) is 14.3. The summed E-state index contributed by atoms with van der Waals surface area (Å²) in [5, 5.41) is 12.4. The molecule has 7 heteroatoms. The first-order valence-corrected chi connectivity index (χ1v) is 8.07. The van der Waals surface area contributed by atoms with Gasteiger partial charge in [0.15, 0.2) is 5.92 Å². The molecule has 0 spiro atoms. The number of imidazole rings is 1. The lowest BCUT2D eigenvalue weighted by Gasteiger charge is -2.30. The molecule has 0 fully saturated rings. The van der Waals surface area contributed by atoms with E-state index in [0.717, 1.165) is 16.6 Å². The zero-order valence-corrected chi connectivity index (χ0v) is 14.3. The van der Waals surface area contributed by atoms with Crippen LogP contribution in [0.4, 0.5) is 5.95 Å². The fraction of sp³-hybridized carbons (Fsp3) is 0.211. The van der Waals surface area contributed by atoms with Crippen molar-refractivity contribution >= 4 is 22.9 Å². The number of fused-ring (bicyclic) bond motifs is 3. The van der Waals surface area contributed by atoms with E-state index in [4.69, 9.17) is 9.47 Å². The molecular formula is C19H16N4O3. The maximum absolute atomic E-state index is 12.5. The van der Waals surface area contributed by atoms with Crippen molar-refractivity contribution in [3.63, 3.8) is 0 Å². The lowest BCUT2D eigenvalue weighted by Crippen LogP contribution is -2.37. The molecular weight excluding hydrogens is 332 g/mol. The Hall–Kier alpha value is -3.53. The van der Waals surface area contributed by atoms with Crippen molar-refractivity contribution in [1.29, 1.82) is 5.26 Å². The summed E-state index contributed by atoms with van der Waals surface area (Å²) >= 11 is 0. The fourth-order valence-electron chi connectivity index (χ4n) is 3.41. The number of anilines is 1. The highest BCUT2D eigenvalue weighted by Gasteiger charge is 2.40. The lowest BCUT2D eigenvalue weighted by atomic mass is 9.90. The van der Waals surface area contributed by atoms with E-state index in [9.17, 15) is 10.1 Å². The van der Waals surface area contributed by atoms with Crippen LogP contribution < -0.4 is 14.8 Å². The molecule has 2 unspecified atom stereocenters. The average molecular weight is 348 g/mol. The standard InChI is InChI=1S/C19H16N4O3/c1-25-11-7-8-12(16(9-11)26-2)17-13(10-20)18(24)22-19-21-14-5-3-4-6-15(14)23(17)19/h3-9,13,17H,1-2H3,(H,21,22,24). The quantitative estimate of drug-likeness (QED) is 0.786. The number of ether oxygens (including phenoxy) is 2. The number of carbonyl (C=O) groups is 1. The van der Waals surface area contributed by atoms with E-state index in [-0.39, 0.29) is 5.91 Å². The molecule has 0 aliphatic carbocycles. The van der Waals surface area contributed by atoms with Crippen LogP contribution in [0.25, 0.3) is 11.0 Å². The maximum Gasteiger partial charge on any atom is 0.246 e. The van der Waals surface area contributed by atoms with Crippen LogP contribution >= 0.6 is 0 Å². The van der Waals surface area contributed by atoms with Crippen LogP contribution in [0.3, 0.4) is 0 Å². The van der Waals surface area contributed by atoms with Crippen molar-refractivity contribution in [1.82, 2.24) is 9.55 Å². The Bertz CT molecular complexity index is 1050. The van der Waals surface area contributed by atoms with E-state index in [2.05, 4.69) is 16.4 Å². The predicted octanol–water partition coefficient (Wildman–Crippen LogP) is 2.73. The van der Waals surface area contributed by atoms with E-state index in [1.165, 1.54) is 0 Å². The molecule has 1 aliphatic heterocycles. The van der Waals surface area contributed by atoms with Gasteiger partial charge < -0.3 is 14.0 Å². The number of rotatable bonds is 3. The summed E-state index contributed by atoms with van der Waals surface area (Å²) in [6.45, 7) is 0. The number of hydrogen-bond donors (Lipinski definition) is 1. The van der Waals surface area contributed by atoms with Gasteiger partial charge in [0, 0.05) is 11.6 Å². The highest BCUT2D eigenvalue weighted by Crippen LogP contribution is 2.41. The maximum atomic E-state index is 12.5. The summed E-state index contributed by atoms with van der Waals surface area (Å²) in [5.74, 6) is 0.314. The molecule has 2 heterocycles. The Balaban J connectivity index is 2.00. The molecule has 1 amide bonds. The van der Waals surface area contributed by atoms with Gasteiger partial charge in [-0.25, -0.2) is 4.98 Å². The van der Waals surface area contributed by atoms with Crippen LogP contribution in [0.1, 0.15) is 11.6 Å². The number of nitrogens with zero attached hydrogens (tertiary/aromatic N) is 3. The number of nitrogens with one attached hydrogen (secondary N) is 1. The Morgan fingerprint density at radius 3 is 2.73 bits per heavy atom. The van der Waals surface area contributed by atoms with Crippen LogP contribution in [0.5, 0.6) is 11.5 Å². The SMILES string of the molecule is COc1ccc(C2C(C#N)C(=O)Nc3nc4ccccc4n32)c(OC)c1. The highest BCUT2D eigenvalue weighted by molar-refractivity contribution is 5.97. The Morgan fingerprint density at radius 2 is 2.00 bits per heavy atom. The van der Waals surface area contributed by atoms with Crippen molar-refractivity contribution in [3.8, 4) is 17.6 Å². The van der Waals surface area contributed by atoms with E-state index < -0.39 is 12.0 Å². The minimum atomic E-state index is -0.914. The van der Waals surface area contributed by atoms with Gasteiger partial charge >= 0.3 is 0 Å². The first kappa shape index (κ1) is 16.0. The van der Waals surface area contributed by atoms with Gasteiger partial charge in [-0.15, -0.1) is 0 Å². The Kier molecular flexibility index (Phi) is 3.73. The van der Waals surface area contributed by atoms with E-state index in [1.54, 1.807) is 26.4 Å². The van der Waals surface area contributed by atoms with Crippen LogP contribution in [-0.2, 0) is 4.79 Å². The number of benzene rings is 2. The molecule has 2 aromatic carbocycles. The van der Waals surface area contributed by atoms with Gasteiger partial charge in [-0.05, 0) is 24.3 Å². The first-order chi connectivity index (χ1) is 12.7. The van der Waals surface area contributed by atoms with Crippen molar-refractivity contribution in [2.45, 2.75) is 6.04 Å². The number of methoxy groups -OCH3 is 2. The fourth-order valence-corrected chi connectivity index (χ4v) is 3.41. The number of hydrogen-bond acceptors (Lipinski definition) is 5. The molecule has 2 atom stereocenters. The normalized spacial score (nSPS) is 18.7. The van der Waals surface area contributed by atoms with Crippen molar-refractivity contribution in [2.75, 3.05) is 19.5 Å². The minimum absolute atomic E-state index is 0.377. The van der Waals surface area contributed by atoms with Crippen LogP contribution in [-0.4, -0.2) is 29.7 Å². The largest absolute Gasteiger partial charge is 0.497 e. The molecule has 0 saturated carbocycles. The molecule has 1 aromatic heterocycles. The summed E-state index contributed by atoms with van der Waals surface area (Å²) in [5.41, 5.74) is 2.31. The smallest absolute Gasteiger partial charge is 0.246 e. The van der Waals surface area contributed by atoms with Gasteiger partial charge in [-0.2, -0.15) is 5.26 Å². The summed E-state index contributed by atoms with van der Waals surface area (Å²) in [6, 6.07) is 14.5. The van der Waals surface area contributed by atoms with E-state index in [1.807, 2.05) is 34.9 Å². The third-order valence-electron chi connectivity index (χ3n) is 4.61. The molecule has 1 aliphatic rings. The molecule has 0 bridgehead atoms. The second kappa shape index (κ2) is 6.08. The molecule has 7 nitrogen and oxygen atoms in total. The summed E-state index contributed by atoms with van der Waals surface area (Å²) < 4.78 is 12.7. The van der Waals surface area contributed by atoms with Gasteiger partial charge in [0.05, 0.1) is 37.4 Å². The lowest BCUT2D eigenvalue weighted by molar-refractivity contribution is -0.119. The minimum Gasteiger partial charge on any atom is -0.497 e. The Morgan fingerprint density at radius 1 is 1.19 bits per heavy atom. The molecule has 1 N–H and O–H groups in total. The van der Waals surface area contributed by atoms with Crippen molar-refractivity contribution in [3.05, 3.63) is 48.0 Å². The molecule has 4 rings (SSSR count). The monoisotopic (exact) mass is 348 g/mol. The number of nitriles is 1. The molecule has 3 aromatic rings. The number of para-hydroxylation sites is 2. The molecule has 0 radical (unpaired) electrons. The third-order valence-corrected chi connectivity index (χ3v) is 4.61. The molecule has 26 heavy (non-hydrogen) atoms. The van der Waals surface area contributed by atoms with Gasteiger partial charge in [0.2, 0.25) is 11.9 Å². The van der Waals surface area contributed by atoms with Gasteiger partial charge in [0.25, 0.3) is 0 Å². The second-order valence-corrected chi connectivity index (χ2v) is 5.94. The van der Waals surface area contributed by atoms with Crippen molar-refractivity contribution in [2.24, 2.45) is 5.92 Å². The first-order valence-electron chi connectivity index (χ1n) is 8.07. The van der Waals surface area contributed by atoms with E-state index in [0.29, 0.717) is 17.4 Å². The topological polar surface area (TPSA) is 89.2 Å². The van der Waals surface area contributed by atoms with Crippen LogP contribution in [0.15, 0.2) is 42.5 Å². The number of aromatic nitrogens is 2. The predicted molar refractivity (Wildman–Crippen MR) is 95.2 cm³/mol. The molecule has 130 valence electrons. The van der Waals surface area contributed by atoms with Crippen molar-refractivity contribution < 1.29 is 14.3 Å². The number of carbonyl (C=O) groups excluding carboxylic acids is 1.